The topological polar surface area (TPSA) is 132 Å². The fourth-order valence-corrected chi connectivity index (χ4v) is 4.07. The van der Waals surface area contributed by atoms with Crippen molar-refractivity contribution in [3.8, 4) is 0 Å². The molecule has 1 aromatic heterocycles. The van der Waals surface area contributed by atoms with Crippen molar-refractivity contribution in [2.45, 2.75) is 37.7 Å². The van der Waals surface area contributed by atoms with Crippen molar-refractivity contribution in [1.82, 2.24) is 9.71 Å². The minimum Gasteiger partial charge on any atom is -0.459 e. The molecular formula is C25H25N3O6S. The summed E-state index contributed by atoms with van der Waals surface area (Å²) in [6.45, 7) is 1.21. The van der Waals surface area contributed by atoms with Crippen LogP contribution in [0.1, 0.15) is 41.4 Å². The molecular weight excluding hydrogens is 470 g/mol. The van der Waals surface area contributed by atoms with Crippen LogP contribution >= 0.6 is 0 Å². The molecule has 35 heavy (non-hydrogen) atoms. The zero-order valence-electron chi connectivity index (χ0n) is 19.1. The second-order valence-electron chi connectivity index (χ2n) is 7.66. The predicted molar refractivity (Wildman–Crippen MR) is 129 cm³/mol. The lowest BCUT2D eigenvalue weighted by atomic mass is 10.1. The van der Waals surface area contributed by atoms with Crippen molar-refractivity contribution in [3.05, 3.63) is 89.7 Å². The first kappa shape index (κ1) is 25.6. The van der Waals surface area contributed by atoms with Gasteiger partial charge in [-0.15, -0.1) is 0 Å². The van der Waals surface area contributed by atoms with Crippen LogP contribution in [0.2, 0.25) is 0 Å². The average Bonchev–Trinajstić information content (AvgIpc) is 2.84. The van der Waals surface area contributed by atoms with Crippen LogP contribution in [0.15, 0.2) is 77.8 Å². The van der Waals surface area contributed by atoms with E-state index in [-0.39, 0.29) is 23.0 Å². The third-order valence-corrected chi connectivity index (χ3v) is 6.24. The molecule has 10 heteroatoms. The number of amides is 2. The number of aryl methyl sites for hydroxylation is 1. The summed E-state index contributed by atoms with van der Waals surface area (Å²) < 4.78 is 31.9. The lowest BCUT2D eigenvalue weighted by molar-refractivity contribution is -0.142. The Bertz CT molecular complexity index is 1280. The normalized spacial score (nSPS) is 10.9. The first-order valence-corrected chi connectivity index (χ1v) is 12.3. The highest BCUT2D eigenvalue weighted by molar-refractivity contribution is 7.90. The van der Waals surface area contributed by atoms with Crippen LogP contribution in [0, 0.1) is 0 Å². The number of ether oxygens (including phenoxy) is 1. The first-order chi connectivity index (χ1) is 16.7. The van der Waals surface area contributed by atoms with Crippen LogP contribution in [-0.2, 0) is 37.4 Å². The summed E-state index contributed by atoms with van der Waals surface area (Å²) >= 11 is 0. The quantitative estimate of drug-likeness (QED) is 0.413. The number of nitrogens with one attached hydrogen (secondary N) is 2. The molecule has 2 N–H and O–H groups in total. The number of aromatic nitrogens is 1. The molecule has 2 amide bonds. The van der Waals surface area contributed by atoms with E-state index >= 15 is 0 Å². The second kappa shape index (κ2) is 11.9. The van der Waals surface area contributed by atoms with Gasteiger partial charge >= 0.3 is 5.97 Å². The Kier molecular flexibility index (Phi) is 8.69. The van der Waals surface area contributed by atoms with Crippen LogP contribution in [0.25, 0.3) is 0 Å². The highest BCUT2D eigenvalue weighted by atomic mass is 32.2. The van der Waals surface area contributed by atoms with Crippen LogP contribution in [-0.4, -0.2) is 31.2 Å². The van der Waals surface area contributed by atoms with E-state index in [4.69, 9.17) is 4.74 Å². The molecule has 0 atom stereocenters. The molecule has 0 aliphatic heterocycles. The van der Waals surface area contributed by atoms with E-state index in [1.54, 1.807) is 0 Å². The van der Waals surface area contributed by atoms with Crippen LogP contribution in [0.5, 0.6) is 0 Å². The van der Waals surface area contributed by atoms with Crippen molar-refractivity contribution >= 4 is 33.5 Å². The highest BCUT2D eigenvalue weighted by Gasteiger charge is 2.19. The largest absolute Gasteiger partial charge is 0.459 e. The maximum atomic E-state index is 12.6. The number of hydrogen-bond acceptors (Lipinski definition) is 7. The zero-order valence-corrected chi connectivity index (χ0v) is 19.9. The number of pyridine rings is 1. The first-order valence-electron chi connectivity index (χ1n) is 10.8. The van der Waals surface area contributed by atoms with Gasteiger partial charge in [0.15, 0.2) is 0 Å². The summed E-state index contributed by atoms with van der Waals surface area (Å²) in [6, 6.07) is 18.2. The molecule has 2 aromatic carbocycles. The van der Waals surface area contributed by atoms with E-state index in [1.165, 1.54) is 49.5 Å². The Labute approximate surface area is 203 Å². The number of benzene rings is 2. The van der Waals surface area contributed by atoms with Crippen molar-refractivity contribution in [3.63, 3.8) is 0 Å². The molecule has 3 aromatic rings. The molecule has 0 fully saturated rings. The third-order valence-electron chi connectivity index (χ3n) is 4.90. The lowest BCUT2D eigenvalue weighted by Gasteiger charge is -2.09. The van der Waals surface area contributed by atoms with Crippen molar-refractivity contribution in [2.24, 2.45) is 0 Å². The van der Waals surface area contributed by atoms with Gasteiger partial charge in [0.05, 0.1) is 16.2 Å². The zero-order chi connectivity index (χ0) is 25.3. The Balaban J connectivity index is 1.52. The number of carbonyl (C=O) groups excluding carboxylic acids is 3. The van der Waals surface area contributed by atoms with Crippen molar-refractivity contribution in [2.75, 3.05) is 5.32 Å². The Morgan fingerprint density at radius 3 is 2.29 bits per heavy atom. The van der Waals surface area contributed by atoms with Crippen LogP contribution in [0.4, 0.5) is 5.69 Å². The summed E-state index contributed by atoms with van der Waals surface area (Å²) in [5.74, 6) is -1.49. The molecule has 0 bridgehead atoms. The van der Waals surface area contributed by atoms with E-state index < -0.39 is 21.9 Å². The minimum absolute atomic E-state index is 0.0273. The Hall–Kier alpha value is -4.05. The molecule has 0 unspecified atom stereocenters. The molecule has 0 saturated heterocycles. The number of anilines is 1. The summed E-state index contributed by atoms with van der Waals surface area (Å²) in [7, 11) is -4.14. The average molecular weight is 496 g/mol. The van der Waals surface area contributed by atoms with Gasteiger partial charge in [0, 0.05) is 25.2 Å². The molecule has 0 spiro atoms. The second-order valence-corrected chi connectivity index (χ2v) is 9.35. The van der Waals surface area contributed by atoms with Crippen molar-refractivity contribution in [1.29, 1.82) is 0 Å². The van der Waals surface area contributed by atoms with Gasteiger partial charge in [0.2, 0.25) is 5.91 Å². The molecule has 1 heterocycles. The number of esters is 1. The van der Waals surface area contributed by atoms with Crippen molar-refractivity contribution < 1.29 is 27.5 Å². The van der Waals surface area contributed by atoms with E-state index in [0.29, 0.717) is 24.2 Å². The van der Waals surface area contributed by atoms with E-state index in [2.05, 4.69) is 10.3 Å². The SMILES string of the molecule is CC(=O)OCc1ccc(C(=O)NS(=O)(=O)c2ccc(NC(=O)CCCc3ccccc3)cc2)cn1. The molecule has 0 saturated carbocycles. The summed E-state index contributed by atoms with van der Waals surface area (Å²) in [5, 5.41) is 2.74. The summed E-state index contributed by atoms with van der Waals surface area (Å²) in [6.07, 6.45) is 3.00. The minimum atomic E-state index is -4.14. The fourth-order valence-electron chi connectivity index (χ4n) is 3.10. The van der Waals surface area contributed by atoms with Crippen LogP contribution in [0.3, 0.4) is 0 Å². The molecule has 0 aliphatic rings. The van der Waals surface area contributed by atoms with Gasteiger partial charge in [0.1, 0.15) is 6.61 Å². The van der Waals surface area contributed by atoms with Gasteiger partial charge < -0.3 is 10.1 Å². The molecule has 3 rings (SSSR count). The summed E-state index contributed by atoms with van der Waals surface area (Å²) in [5.41, 5.74) is 2.05. The number of carbonyl (C=O) groups is 3. The van der Waals surface area contributed by atoms with E-state index in [0.717, 1.165) is 12.0 Å². The Morgan fingerprint density at radius 2 is 1.66 bits per heavy atom. The third kappa shape index (κ3) is 8.04. The van der Waals surface area contributed by atoms with Gasteiger partial charge in [-0.1, -0.05) is 30.3 Å². The predicted octanol–water partition coefficient (Wildman–Crippen LogP) is 3.22. The van der Waals surface area contributed by atoms with Gasteiger partial charge in [-0.05, 0) is 54.8 Å². The number of sulfonamides is 1. The monoisotopic (exact) mass is 495 g/mol. The van der Waals surface area contributed by atoms with E-state index in [1.807, 2.05) is 35.1 Å². The highest BCUT2D eigenvalue weighted by Crippen LogP contribution is 2.15. The number of nitrogens with zero attached hydrogens (tertiary/aromatic N) is 1. The van der Waals surface area contributed by atoms with Gasteiger partial charge in [-0.25, -0.2) is 13.1 Å². The lowest BCUT2D eigenvalue weighted by Crippen LogP contribution is -2.30. The molecule has 182 valence electrons. The number of hydrogen-bond donors (Lipinski definition) is 2. The molecule has 0 aliphatic carbocycles. The maximum absolute atomic E-state index is 12.6. The fraction of sp³-hybridized carbons (Fsp3) is 0.200. The summed E-state index contributed by atoms with van der Waals surface area (Å²) in [4.78, 5) is 39.2. The van der Waals surface area contributed by atoms with Gasteiger partial charge in [-0.2, -0.15) is 0 Å². The Morgan fingerprint density at radius 1 is 0.943 bits per heavy atom. The molecule has 9 nitrogen and oxygen atoms in total. The number of rotatable bonds is 10. The van der Waals surface area contributed by atoms with Gasteiger partial charge in [-0.3, -0.25) is 19.4 Å². The standard InChI is InChI=1S/C25H25N3O6S/c1-18(29)34-17-22-11-10-20(16-26-22)25(31)28-35(32,33)23-14-12-21(13-15-23)27-24(30)9-5-8-19-6-3-2-4-7-19/h2-4,6-7,10-16H,5,8-9,17H2,1H3,(H,27,30)(H,28,31). The smallest absolute Gasteiger partial charge is 0.303 e. The molecule has 0 radical (unpaired) electrons. The van der Waals surface area contributed by atoms with Crippen LogP contribution < -0.4 is 10.0 Å². The maximum Gasteiger partial charge on any atom is 0.303 e. The van der Waals surface area contributed by atoms with E-state index in [9.17, 15) is 22.8 Å². The van der Waals surface area contributed by atoms with Gasteiger partial charge in [0.25, 0.3) is 15.9 Å².